The fourth-order valence-corrected chi connectivity index (χ4v) is 2.26. The Morgan fingerprint density at radius 2 is 2.05 bits per heavy atom. The van der Waals surface area contributed by atoms with Crippen LogP contribution in [0.25, 0.3) is 0 Å². The van der Waals surface area contributed by atoms with Crippen molar-refractivity contribution in [3.05, 3.63) is 28.2 Å². The quantitative estimate of drug-likeness (QED) is 0.549. The Morgan fingerprint density at radius 1 is 1.26 bits per heavy atom. The van der Waals surface area contributed by atoms with E-state index in [1.807, 2.05) is 18.2 Å². The van der Waals surface area contributed by atoms with E-state index in [0.717, 1.165) is 22.2 Å². The molecule has 0 aliphatic rings. The van der Waals surface area contributed by atoms with Gasteiger partial charge in [-0.05, 0) is 34.1 Å². The zero-order valence-corrected chi connectivity index (χ0v) is 13.3. The van der Waals surface area contributed by atoms with Gasteiger partial charge in [-0.1, -0.05) is 12.2 Å². The smallest absolute Gasteiger partial charge is 0.120 e. The number of hydrogen-bond donors (Lipinski definition) is 1. The Hall–Kier alpha value is -0.690. The molecule has 19 heavy (non-hydrogen) atoms. The van der Waals surface area contributed by atoms with Gasteiger partial charge in [-0.15, -0.1) is 0 Å². The molecule has 0 fully saturated rings. The largest absolute Gasteiger partial charge is 0.493 e. The molecule has 0 aliphatic carbocycles. The Morgan fingerprint density at radius 3 is 2.68 bits per heavy atom. The summed E-state index contributed by atoms with van der Waals surface area (Å²) in [5.41, 5.74) is 6.39. The molecule has 0 radical (unpaired) electrons. The van der Waals surface area contributed by atoms with Crippen LogP contribution in [-0.4, -0.2) is 38.5 Å². The average molecular weight is 348 g/mol. The molecule has 4 nitrogen and oxygen atoms in total. The molecule has 0 heterocycles. The number of rotatable bonds is 9. The highest BCUT2D eigenvalue weighted by molar-refractivity contribution is 9.10. The second-order valence-electron chi connectivity index (χ2n) is 3.81. The number of methoxy groups -OCH3 is 1. The van der Waals surface area contributed by atoms with Crippen LogP contribution in [0.3, 0.4) is 0 Å². The van der Waals surface area contributed by atoms with Gasteiger partial charge in [-0.2, -0.15) is 0 Å². The standard InChI is InChI=1S/C13H18BrNO3S/c1-16-7-8-17-5-2-6-18-10-3-4-11(13(15)19)12(14)9-10/h3-4,9H,2,5-8H2,1H3,(H2,15,19). The molecule has 0 atom stereocenters. The molecule has 0 bridgehead atoms. The van der Waals surface area contributed by atoms with Crippen molar-refractivity contribution in [3.8, 4) is 5.75 Å². The van der Waals surface area contributed by atoms with Crippen molar-refractivity contribution in [1.29, 1.82) is 0 Å². The van der Waals surface area contributed by atoms with Crippen LogP contribution in [0.4, 0.5) is 0 Å². The zero-order valence-electron chi connectivity index (χ0n) is 10.9. The van der Waals surface area contributed by atoms with Gasteiger partial charge in [0, 0.05) is 30.2 Å². The molecular formula is C13H18BrNO3S. The summed E-state index contributed by atoms with van der Waals surface area (Å²) in [6.07, 6.45) is 0.832. The number of halogens is 1. The van der Waals surface area contributed by atoms with Gasteiger partial charge in [0.15, 0.2) is 0 Å². The highest BCUT2D eigenvalue weighted by Gasteiger charge is 2.04. The fourth-order valence-electron chi connectivity index (χ4n) is 1.38. The minimum absolute atomic E-state index is 0.366. The van der Waals surface area contributed by atoms with E-state index in [4.69, 9.17) is 32.2 Å². The molecule has 1 rings (SSSR count). The van der Waals surface area contributed by atoms with Gasteiger partial charge >= 0.3 is 0 Å². The summed E-state index contributed by atoms with van der Waals surface area (Å²) in [5, 5.41) is 0. The number of hydrogen-bond acceptors (Lipinski definition) is 4. The van der Waals surface area contributed by atoms with Gasteiger partial charge < -0.3 is 19.9 Å². The van der Waals surface area contributed by atoms with E-state index in [1.54, 1.807) is 7.11 Å². The van der Waals surface area contributed by atoms with Crippen LogP contribution >= 0.6 is 28.1 Å². The van der Waals surface area contributed by atoms with Crippen molar-refractivity contribution in [2.24, 2.45) is 5.73 Å². The highest BCUT2D eigenvalue weighted by Crippen LogP contribution is 2.23. The van der Waals surface area contributed by atoms with Gasteiger partial charge in [-0.3, -0.25) is 0 Å². The van der Waals surface area contributed by atoms with Crippen LogP contribution in [0.1, 0.15) is 12.0 Å². The van der Waals surface area contributed by atoms with E-state index < -0.39 is 0 Å². The van der Waals surface area contributed by atoms with E-state index in [9.17, 15) is 0 Å². The van der Waals surface area contributed by atoms with Crippen LogP contribution in [0, 0.1) is 0 Å². The number of benzene rings is 1. The van der Waals surface area contributed by atoms with E-state index in [1.165, 1.54) is 0 Å². The summed E-state index contributed by atoms with van der Waals surface area (Å²) in [4.78, 5) is 0.366. The van der Waals surface area contributed by atoms with Crippen molar-refractivity contribution in [3.63, 3.8) is 0 Å². The molecule has 6 heteroatoms. The lowest BCUT2D eigenvalue weighted by Gasteiger charge is -2.09. The van der Waals surface area contributed by atoms with Crippen molar-refractivity contribution < 1.29 is 14.2 Å². The third kappa shape index (κ3) is 6.33. The minimum Gasteiger partial charge on any atom is -0.493 e. The lowest BCUT2D eigenvalue weighted by atomic mass is 10.2. The van der Waals surface area contributed by atoms with Gasteiger partial charge in [0.25, 0.3) is 0 Å². The second-order valence-corrected chi connectivity index (χ2v) is 5.11. The molecule has 106 valence electrons. The number of ether oxygens (including phenoxy) is 3. The van der Waals surface area contributed by atoms with Crippen LogP contribution in [0.15, 0.2) is 22.7 Å². The first-order valence-corrected chi connectivity index (χ1v) is 7.14. The highest BCUT2D eigenvalue weighted by atomic mass is 79.9. The summed E-state index contributed by atoms with van der Waals surface area (Å²) in [6.45, 7) is 2.50. The lowest BCUT2D eigenvalue weighted by molar-refractivity contribution is 0.0644. The summed E-state index contributed by atoms with van der Waals surface area (Å²) in [6, 6.07) is 5.56. The topological polar surface area (TPSA) is 53.7 Å². The van der Waals surface area contributed by atoms with Gasteiger partial charge in [0.2, 0.25) is 0 Å². The first kappa shape index (κ1) is 16.4. The zero-order chi connectivity index (χ0) is 14.1. The predicted molar refractivity (Wildman–Crippen MR) is 82.8 cm³/mol. The lowest BCUT2D eigenvalue weighted by Crippen LogP contribution is -2.10. The first-order valence-electron chi connectivity index (χ1n) is 5.94. The van der Waals surface area contributed by atoms with E-state index in [2.05, 4.69) is 15.9 Å². The van der Waals surface area contributed by atoms with E-state index in [0.29, 0.717) is 31.4 Å². The van der Waals surface area contributed by atoms with Crippen molar-refractivity contribution >= 4 is 33.1 Å². The number of thiocarbonyl (C=S) groups is 1. The maximum absolute atomic E-state index is 5.60. The van der Waals surface area contributed by atoms with Crippen LogP contribution in [-0.2, 0) is 9.47 Å². The maximum atomic E-state index is 5.60. The molecule has 0 aromatic heterocycles. The Labute approximate surface area is 127 Å². The molecule has 2 N–H and O–H groups in total. The second kappa shape index (κ2) is 9.25. The van der Waals surface area contributed by atoms with Crippen molar-refractivity contribution in [2.75, 3.05) is 33.5 Å². The summed E-state index contributed by atoms with van der Waals surface area (Å²) < 4.78 is 16.7. The average Bonchev–Trinajstić information content (AvgIpc) is 2.37. The normalized spacial score (nSPS) is 10.4. The minimum atomic E-state index is 0.366. The van der Waals surface area contributed by atoms with Crippen LogP contribution < -0.4 is 10.5 Å². The molecule has 0 saturated heterocycles. The van der Waals surface area contributed by atoms with Crippen molar-refractivity contribution in [1.82, 2.24) is 0 Å². The molecule has 0 amide bonds. The van der Waals surface area contributed by atoms with Gasteiger partial charge in [0.1, 0.15) is 10.7 Å². The first-order chi connectivity index (χ1) is 9.15. The summed E-state index contributed by atoms with van der Waals surface area (Å²) in [7, 11) is 1.65. The summed E-state index contributed by atoms with van der Waals surface area (Å²) >= 11 is 8.34. The molecule has 0 saturated carbocycles. The Kier molecular flexibility index (Phi) is 7.97. The Balaban J connectivity index is 2.26. The SMILES string of the molecule is COCCOCCCOc1ccc(C(N)=S)c(Br)c1. The molecule has 0 aliphatic heterocycles. The summed E-state index contributed by atoms with van der Waals surface area (Å²) in [5.74, 6) is 0.781. The molecule has 1 aromatic rings. The third-order valence-electron chi connectivity index (χ3n) is 2.34. The van der Waals surface area contributed by atoms with Crippen LogP contribution in [0.5, 0.6) is 5.75 Å². The predicted octanol–water partition coefficient (Wildman–Crippen LogP) is 2.52. The molecule has 0 unspecified atom stereocenters. The maximum Gasteiger partial charge on any atom is 0.120 e. The molecule has 0 spiro atoms. The van der Waals surface area contributed by atoms with Crippen molar-refractivity contribution in [2.45, 2.75) is 6.42 Å². The fraction of sp³-hybridized carbons (Fsp3) is 0.462. The number of nitrogens with two attached hydrogens (primary N) is 1. The monoisotopic (exact) mass is 347 g/mol. The molecular weight excluding hydrogens is 330 g/mol. The third-order valence-corrected chi connectivity index (χ3v) is 3.22. The van der Waals surface area contributed by atoms with Crippen LogP contribution in [0.2, 0.25) is 0 Å². The Bertz CT molecular complexity index is 415. The molecule has 1 aromatic carbocycles. The van der Waals surface area contributed by atoms with E-state index in [-0.39, 0.29) is 0 Å². The van der Waals surface area contributed by atoms with Gasteiger partial charge in [-0.25, -0.2) is 0 Å². The van der Waals surface area contributed by atoms with Gasteiger partial charge in [0.05, 0.1) is 19.8 Å². The van der Waals surface area contributed by atoms with E-state index >= 15 is 0 Å².